The third kappa shape index (κ3) is 2.98. The maximum Gasteiger partial charge on any atom is 0.240 e. The lowest BCUT2D eigenvalue weighted by molar-refractivity contribution is -0.130. The van der Waals surface area contributed by atoms with Crippen LogP contribution in [0.25, 0.3) is 0 Å². The zero-order chi connectivity index (χ0) is 12.9. The lowest BCUT2D eigenvalue weighted by atomic mass is 9.79. The zero-order valence-corrected chi connectivity index (χ0v) is 10.8. The molecule has 0 aromatic rings. The van der Waals surface area contributed by atoms with Crippen LogP contribution in [-0.2, 0) is 4.79 Å². The molecular weight excluding hydrogens is 216 g/mol. The molecule has 2 N–H and O–H groups in total. The molecule has 4 heteroatoms. The van der Waals surface area contributed by atoms with Crippen LogP contribution in [0.5, 0.6) is 0 Å². The first-order valence-electron chi connectivity index (χ1n) is 6.43. The van der Waals surface area contributed by atoms with Gasteiger partial charge in [0.15, 0.2) is 0 Å². The quantitative estimate of drug-likeness (QED) is 0.709. The van der Waals surface area contributed by atoms with Crippen molar-refractivity contribution in [2.75, 3.05) is 6.61 Å². The highest BCUT2D eigenvalue weighted by atomic mass is 16.3. The summed E-state index contributed by atoms with van der Waals surface area (Å²) in [5, 5.41) is 21.4. The monoisotopic (exact) mass is 238 g/mol. The van der Waals surface area contributed by atoms with Gasteiger partial charge in [0.1, 0.15) is 5.41 Å². The minimum atomic E-state index is -0.908. The van der Waals surface area contributed by atoms with Gasteiger partial charge in [0.25, 0.3) is 0 Å². The summed E-state index contributed by atoms with van der Waals surface area (Å²) in [5.74, 6) is -0.199. The normalized spacial score (nSPS) is 17.3. The number of carbonyl (C=O) groups excluding carboxylic acids is 1. The summed E-state index contributed by atoms with van der Waals surface area (Å²) in [6.45, 7) is 3.93. The number of nitrogens with zero attached hydrogens (tertiary/aromatic N) is 1. The molecule has 1 aliphatic carbocycles. The van der Waals surface area contributed by atoms with Crippen molar-refractivity contribution in [2.24, 2.45) is 5.41 Å². The van der Waals surface area contributed by atoms with E-state index in [9.17, 15) is 15.2 Å². The van der Waals surface area contributed by atoms with E-state index in [0.717, 1.165) is 25.7 Å². The van der Waals surface area contributed by atoms with E-state index in [4.69, 9.17) is 0 Å². The number of aliphatic hydroxyl groups excluding tert-OH is 1. The van der Waals surface area contributed by atoms with E-state index in [1.807, 2.05) is 13.8 Å². The molecule has 1 amide bonds. The van der Waals surface area contributed by atoms with Gasteiger partial charge in [-0.3, -0.25) is 4.79 Å². The molecule has 4 nitrogen and oxygen atoms in total. The summed E-state index contributed by atoms with van der Waals surface area (Å²) < 4.78 is 0. The van der Waals surface area contributed by atoms with Gasteiger partial charge in [-0.1, -0.05) is 26.7 Å². The van der Waals surface area contributed by atoms with Crippen molar-refractivity contribution in [2.45, 2.75) is 57.9 Å². The lowest BCUT2D eigenvalue weighted by Gasteiger charge is -2.27. The largest absolute Gasteiger partial charge is 0.394 e. The molecule has 96 valence electrons. The summed E-state index contributed by atoms with van der Waals surface area (Å²) in [6.07, 6.45) is 4.43. The molecular formula is C13H22N2O2. The number of hydrogen-bond acceptors (Lipinski definition) is 3. The number of hydrogen-bond donors (Lipinski definition) is 2. The zero-order valence-electron chi connectivity index (χ0n) is 10.8. The van der Waals surface area contributed by atoms with E-state index >= 15 is 0 Å². The van der Waals surface area contributed by atoms with Crippen molar-refractivity contribution in [1.82, 2.24) is 5.32 Å². The third-order valence-corrected chi connectivity index (χ3v) is 3.54. The highest BCUT2D eigenvalue weighted by molar-refractivity contribution is 5.86. The molecule has 0 aliphatic heterocycles. The van der Waals surface area contributed by atoms with E-state index in [1.165, 1.54) is 0 Å². The Kier molecular flexibility index (Phi) is 4.53. The van der Waals surface area contributed by atoms with Crippen molar-refractivity contribution in [3.8, 4) is 6.07 Å². The van der Waals surface area contributed by atoms with Gasteiger partial charge < -0.3 is 10.4 Å². The number of carbonyl (C=O) groups is 1. The SMILES string of the molecule is CCCC(C#N)(CCC)C(=O)NC1(CO)CC1. The fraction of sp³-hybridized carbons (Fsp3) is 0.846. The summed E-state index contributed by atoms with van der Waals surface area (Å²) in [4.78, 5) is 12.2. The Hall–Kier alpha value is -1.08. The smallest absolute Gasteiger partial charge is 0.240 e. The molecule has 0 aromatic carbocycles. The van der Waals surface area contributed by atoms with E-state index in [0.29, 0.717) is 12.8 Å². The Morgan fingerprint density at radius 1 is 1.41 bits per heavy atom. The maximum absolute atomic E-state index is 12.2. The van der Waals surface area contributed by atoms with Gasteiger partial charge in [-0.15, -0.1) is 0 Å². The first-order valence-corrected chi connectivity index (χ1v) is 6.43. The van der Waals surface area contributed by atoms with Crippen LogP contribution in [0, 0.1) is 16.7 Å². The van der Waals surface area contributed by atoms with Crippen LogP contribution < -0.4 is 5.32 Å². The molecule has 1 aliphatic rings. The topological polar surface area (TPSA) is 73.1 Å². The van der Waals surface area contributed by atoms with Crippen LogP contribution in [0.1, 0.15) is 52.4 Å². The van der Waals surface area contributed by atoms with Crippen LogP contribution in [-0.4, -0.2) is 23.2 Å². The molecule has 0 aromatic heterocycles. The molecule has 0 unspecified atom stereocenters. The van der Waals surface area contributed by atoms with Gasteiger partial charge in [-0.25, -0.2) is 0 Å². The van der Waals surface area contributed by atoms with Gasteiger partial charge in [0.2, 0.25) is 5.91 Å². The van der Waals surface area contributed by atoms with Crippen LogP contribution in [0.2, 0.25) is 0 Å². The van der Waals surface area contributed by atoms with Gasteiger partial charge in [-0.2, -0.15) is 5.26 Å². The van der Waals surface area contributed by atoms with Crippen molar-refractivity contribution in [1.29, 1.82) is 5.26 Å². The predicted octanol–water partition coefficient (Wildman–Crippen LogP) is 1.74. The van der Waals surface area contributed by atoms with Gasteiger partial charge >= 0.3 is 0 Å². The summed E-state index contributed by atoms with van der Waals surface area (Å²) in [7, 11) is 0. The number of amides is 1. The number of nitriles is 1. The first-order chi connectivity index (χ1) is 8.08. The maximum atomic E-state index is 12.2. The Labute approximate surface area is 103 Å². The second kappa shape index (κ2) is 5.50. The molecule has 0 radical (unpaired) electrons. The van der Waals surface area contributed by atoms with Gasteiger partial charge in [0, 0.05) is 0 Å². The van der Waals surface area contributed by atoms with Crippen molar-refractivity contribution >= 4 is 5.91 Å². The summed E-state index contributed by atoms with van der Waals surface area (Å²) >= 11 is 0. The number of rotatable bonds is 7. The molecule has 1 fully saturated rings. The standard InChI is InChI=1S/C13H22N2O2/c1-3-5-12(9-14,6-4-2)11(17)15-13(10-16)7-8-13/h16H,3-8,10H2,1-2H3,(H,15,17). The third-order valence-electron chi connectivity index (χ3n) is 3.54. The van der Waals surface area contributed by atoms with E-state index in [1.54, 1.807) is 0 Å². The lowest BCUT2D eigenvalue weighted by Crippen LogP contribution is -2.48. The highest BCUT2D eigenvalue weighted by Gasteiger charge is 2.47. The fourth-order valence-electron chi connectivity index (χ4n) is 2.20. The Morgan fingerprint density at radius 3 is 2.24 bits per heavy atom. The van der Waals surface area contributed by atoms with Gasteiger partial charge in [0.05, 0.1) is 18.2 Å². The Morgan fingerprint density at radius 2 is 1.94 bits per heavy atom. The van der Waals surface area contributed by atoms with E-state index < -0.39 is 11.0 Å². The molecule has 1 saturated carbocycles. The van der Waals surface area contributed by atoms with E-state index in [2.05, 4.69) is 11.4 Å². The summed E-state index contributed by atoms with van der Waals surface area (Å²) in [6, 6.07) is 2.20. The predicted molar refractivity (Wildman–Crippen MR) is 65.1 cm³/mol. The minimum absolute atomic E-state index is 0.0293. The molecule has 0 bridgehead atoms. The molecule has 0 atom stereocenters. The van der Waals surface area contributed by atoms with Crippen molar-refractivity contribution < 1.29 is 9.90 Å². The van der Waals surface area contributed by atoms with Crippen LogP contribution in [0.4, 0.5) is 0 Å². The number of nitrogens with one attached hydrogen (secondary N) is 1. The molecule has 0 saturated heterocycles. The molecule has 17 heavy (non-hydrogen) atoms. The van der Waals surface area contributed by atoms with Crippen LogP contribution in [0.3, 0.4) is 0 Å². The minimum Gasteiger partial charge on any atom is -0.394 e. The highest BCUT2D eigenvalue weighted by Crippen LogP contribution is 2.37. The number of aliphatic hydroxyl groups is 1. The fourth-order valence-corrected chi connectivity index (χ4v) is 2.20. The van der Waals surface area contributed by atoms with Gasteiger partial charge in [-0.05, 0) is 25.7 Å². The van der Waals surface area contributed by atoms with Crippen LogP contribution in [0.15, 0.2) is 0 Å². The molecule has 0 heterocycles. The average molecular weight is 238 g/mol. The Bertz CT molecular complexity index is 310. The average Bonchev–Trinajstić information content (AvgIpc) is 3.09. The van der Waals surface area contributed by atoms with Crippen molar-refractivity contribution in [3.05, 3.63) is 0 Å². The summed E-state index contributed by atoms with van der Waals surface area (Å²) in [5.41, 5.74) is -1.34. The second-order valence-electron chi connectivity index (χ2n) is 5.09. The molecule has 1 rings (SSSR count). The Balaban J connectivity index is 2.75. The van der Waals surface area contributed by atoms with Crippen molar-refractivity contribution in [3.63, 3.8) is 0 Å². The second-order valence-corrected chi connectivity index (χ2v) is 5.09. The van der Waals surface area contributed by atoms with Crippen LogP contribution >= 0.6 is 0 Å². The molecule has 0 spiro atoms. The first kappa shape index (κ1) is 14.0. The van der Waals surface area contributed by atoms with E-state index in [-0.39, 0.29) is 12.5 Å².